The molecule has 5 nitrogen and oxygen atoms in total. The molecule has 0 radical (unpaired) electrons. The largest absolute Gasteiger partial charge is 0.497 e. The van der Waals surface area contributed by atoms with Crippen LogP contribution in [-0.4, -0.2) is 43.3 Å². The van der Waals surface area contributed by atoms with Gasteiger partial charge in [0.25, 0.3) is 5.91 Å². The highest BCUT2D eigenvalue weighted by molar-refractivity contribution is 6.42. The number of methoxy groups -OCH3 is 2. The minimum atomic E-state index is -0.259. The predicted molar refractivity (Wildman–Crippen MR) is 97.8 cm³/mol. The Kier molecular flexibility index (Phi) is 6.93. The molecule has 0 spiro atoms. The Labute approximate surface area is 156 Å². The van der Waals surface area contributed by atoms with Crippen LogP contribution in [0.4, 0.5) is 0 Å². The lowest BCUT2D eigenvalue weighted by atomic mass is 10.1. The Morgan fingerprint density at radius 3 is 2.44 bits per heavy atom. The van der Waals surface area contributed by atoms with E-state index < -0.39 is 0 Å². The molecule has 2 rings (SSSR count). The van der Waals surface area contributed by atoms with Crippen LogP contribution in [0.2, 0.25) is 10.0 Å². The van der Waals surface area contributed by atoms with Gasteiger partial charge in [0.1, 0.15) is 11.5 Å². The van der Waals surface area contributed by atoms with Gasteiger partial charge in [0.2, 0.25) is 0 Å². The molecule has 2 aromatic carbocycles. The first kappa shape index (κ1) is 19.4. The number of benzene rings is 2. The van der Waals surface area contributed by atoms with E-state index in [0.717, 1.165) is 5.56 Å². The van der Waals surface area contributed by atoms with Crippen LogP contribution >= 0.6 is 23.2 Å². The Hall–Kier alpha value is -1.95. The molecule has 0 aliphatic rings. The van der Waals surface area contributed by atoms with Gasteiger partial charge in [-0.2, -0.15) is 0 Å². The number of hydrogen-bond donors (Lipinski definition) is 1. The topological polar surface area (TPSA) is 59.0 Å². The van der Waals surface area contributed by atoms with Gasteiger partial charge in [-0.15, -0.1) is 0 Å². The molecule has 25 heavy (non-hydrogen) atoms. The monoisotopic (exact) mass is 383 g/mol. The Morgan fingerprint density at radius 2 is 1.84 bits per heavy atom. The molecule has 7 heteroatoms. The summed E-state index contributed by atoms with van der Waals surface area (Å²) in [7, 11) is 3.12. The third-order valence-corrected chi connectivity index (χ3v) is 4.42. The number of ether oxygens (including phenoxy) is 2. The highest BCUT2D eigenvalue weighted by Crippen LogP contribution is 2.27. The molecule has 0 aromatic heterocycles. The standard InChI is InChI=1S/C18H19Cl2NO4/c1-24-14-5-3-13(17(10-14)25-2)11-21(7-8-22)18(23)12-4-6-15(19)16(20)9-12/h3-6,9-10,22H,7-8,11H2,1-2H3. The SMILES string of the molecule is COc1ccc(CN(CCO)C(=O)c2ccc(Cl)c(Cl)c2)c(OC)c1. The van der Waals surface area contributed by atoms with E-state index in [1.54, 1.807) is 38.5 Å². The molecule has 0 saturated carbocycles. The first-order valence-electron chi connectivity index (χ1n) is 7.56. The van der Waals surface area contributed by atoms with Crippen molar-refractivity contribution in [3.8, 4) is 11.5 Å². The van der Waals surface area contributed by atoms with Gasteiger partial charge in [-0.3, -0.25) is 4.79 Å². The highest BCUT2D eigenvalue weighted by Gasteiger charge is 2.18. The van der Waals surface area contributed by atoms with Crippen molar-refractivity contribution in [1.82, 2.24) is 4.90 Å². The van der Waals surface area contributed by atoms with Crippen molar-refractivity contribution >= 4 is 29.1 Å². The van der Waals surface area contributed by atoms with Crippen molar-refractivity contribution in [3.05, 3.63) is 57.6 Å². The summed E-state index contributed by atoms with van der Waals surface area (Å²) < 4.78 is 10.5. The zero-order valence-corrected chi connectivity index (χ0v) is 15.5. The molecule has 0 unspecified atom stereocenters. The lowest BCUT2D eigenvalue weighted by Gasteiger charge is -2.23. The number of aliphatic hydroxyl groups is 1. The highest BCUT2D eigenvalue weighted by atomic mass is 35.5. The number of nitrogens with zero attached hydrogens (tertiary/aromatic N) is 1. The summed E-state index contributed by atoms with van der Waals surface area (Å²) in [5.74, 6) is 1.000. The van der Waals surface area contributed by atoms with Gasteiger partial charge in [-0.05, 0) is 30.3 Å². The number of carbonyl (C=O) groups is 1. The third-order valence-electron chi connectivity index (χ3n) is 3.68. The molecular formula is C18H19Cl2NO4. The molecule has 0 heterocycles. The summed E-state index contributed by atoms with van der Waals surface area (Å²) in [5.41, 5.74) is 1.19. The summed E-state index contributed by atoms with van der Waals surface area (Å²) >= 11 is 11.9. The summed E-state index contributed by atoms with van der Waals surface area (Å²) in [6.07, 6.45) is 0. The van der Waals surface area contributed by atoms with Gasteiger partial charge in [0, 0.05) is 30.3 Å². The number of amides is 1. The first-order chi connectivity index (χ1) is 12.0. The molecule has 1 N–H and O–H groups in total. The maximum absolute atomic E-state index is 12.8. The second-order valence-corrected chi connectivity index (χ2v) is 6.07. The summed E-state index contributed by atoms with van der Waals surface area (Å²) in [4.78, 5) is 14.3. The van der Waals surface area contributed by atoms with E-state index in [-0.39, 0.29) is 25.6 Å². The second kappa shape index (κ2) is 8.94. The lowest BCUT2D eigenvalue weighted by Crippen LogP contribution is -2.33. The number of halogens is 2. The van der Waals surface area contributed by atoms with Crippen LogP contribution in [0.3, 0.4) is 0 Å². The van der Waals surface area contributed by atoms with Gasteiger partial charge >= 0.3 is 0 Å². The van der Waals surface area contributed by atoms with E-state index in [9.17, 15) is 9.90 Å². The average Bonchev–Trinajstić information content (AvgIpc) is 2.63. The third kappa shape index (κ3) is 4.78. The fraction of sp³-hybridized carbons (Fsp3) is 0.278. The van der Waals surface area contributed by atoms with Crippen LogP contribution in [0.25, 0.3) is 0 Å². The Bertz CT molecular complexity index is 752. The van der Waals surface area contributed by atoms with E-state index in [1.807, 2.05) is 6.07 Å². The molecular weight excluding hydrogens is 365 g/mol. The normalized spacial score (nSPS) is 10.4. The van der Waals surface area contributed by atoms with Crippen molar-refractivity contribution in [3.63, 3.8) is 0 Å². The maximum Gasteiger partial charge on any atom is 0.254 e. The lowest BCUT2D eigenvalue weighted by molar-refractivity contribution is 0.0706. The fourth-order valence-electron chi connectivity index (χ4n) is 2.37. The van der Waals surface area contributed by atoms with Gasteiger partial charge in [0.05, 0.1) is 30.9 Å². The van der Waals surface area contributed by atoms with Gasteiger partial charge in [0.15, 0.2) is 0 Å². The molecule has 1 amide bonds. The van der Waals surface area contributed by atoms with E-state index in [0.29, 0.717) is 27.1 Å². The minimum absolute atomic E-state index is 0.161. The molecule has 134 valence electrons. The van der Waals surface area contributed by atoms with Crippen molar-refractivity contribution < 1.29 is 19.4 Å². The fourth-order valence-corrected chi connectivity index (χ4v) is 2.67. The molecule has 0 bridgehead atoms. The van der Waals surface area contributed by atoms with E-state index in [2.05, 4.69) is 0 Å². The van der Waals surface area contributed by atoms with Crippen molar-refractivity contribution in [2.75, 3.05) is 27.4 Å². The molecule has 0 atom stereocenters. The van der Waals surface area contributed by atoms with Gasteiger partial charge in [-0.25, -0.2) is 0 Å². The van der Waals surface area contributed by atoms with E-state index in [4.69, 9.17) is 32.7 Å². The number of hydrogen-bond acceptors (Lipinski definition) is 4. The molecule has 0 aliphatic heterocycles. The Balaban J connectivity index is 2.28. The zero-order chi connectivity index (χ0) is 18.4. The van der Waals surface area contributed by atoms with Crippen LogP contribution in [0.1, 0.15) is 15.9 Å². The van der Waals surface area contributed by atoms with Crippen LogP contribution in [0.15, 0.2) is 36.4 Å². The van der Waals surface area contributed by atoms with Gasteiger partial charge < -0.3 is 19.5 Å². The zero-order valence-electron chi connectivity index (χ0n) is 14.0. The summed E-state index contributed by atoms with van der Waals surface area (Å²) in [6, 6.07) is 10.1. The number of aliphatic hydroxyl groups excluding tert-OH is 1. The summed E-state index contributed by atoms with van der Waals surface area (Å²) in [6.45, 7) is 0.284. The smallest absolute Gasteiger partial charge is 0.254 e. The quantitative estimate of drug-likeness (QED) is 0.792. The van der Waals surface area contributed by atoms with Crippen LogP contribution in [-0.2, 0) is 6.54 Å². The van der Waals surface area contributed by atoms with Gasteiger partial charge in [-0.1, -0.05) is 23.2 Å². The van der Waals surface area contributed by atoms with Crippen molar-refractivity contribution in [2.24, 2.45) is 0 Å². The van der Waals surface area contributed by atoms with Crippen molar-refractivity contribution in [1.29, 1.82) is 0 Å². The molecule has 0 fully saturated rings. The van der Waals surface area contributed by atoms with Crippen LogP contribution in [0.5, 0.6) is 11.5 Å². The van der Waals surface area contributed by atoms with Crippen LogP contribution < -0.4 is 9.47 Å². The average molecular weight is 384 g/mol. The van der Waals surface area contributed by atoms with Crippen molar-refractivity contribution in [2.45, 2.75) is 6.54 Å². The number of carbonyl (C=O) groups excluding carboxylic acids is 1. The molecule has 0 saturated heterocycles. The first-order valence-corrected chi connectivity index (χ1v) is 8.31. The van der Waals surface area contributed by atoms with E-state index in [1.165, 1.54) is 11.0 Å². The summed E-state index contributed by atoms with van der Waals surface area (Å²) in [5, 5.41) is 10.0. The minimum Gasteiger partial charge on any atom is -0.497 e. The predicted octanol–water partition coefficient (Wildman–Crippen LogP) is 3.65. The second-order valence-electron chi connectivity index (χ2n) is 5.26. The Morgan fingerprint density at radius 1 is 1.08 bits per heavy atom. The maximum atomic E-state index is 12.8. The van der Waals surface area contributed by atoms with Crippen LogP contribution in [0, 0.1) is 0 Å². The number of rotatable bonds is 7. The molecule has 0 aliphatic carbocycles. The molecule has 2 aromatic rings. The van der Waals surface area contributed by atoms with E-state index >= 15 is 0 Å².